The average molecular weight is 133 g/mol. The summed E-state index contributed by atoms with van der Waals surface area (Å²) < 4.78 is 0. The Morgan fingerprint density at radius 1 is 1.60 bits per heavy atom. The molecule has 0 saturated heterocycles. The first kappa shape index (κ1) is 5.78. The molecule has 1 heteroatoms. The van der Waals surface area contributed by atoms with E-state index in [1.807, 2.05) is 6.20 Å². The maximum atomic E-state index is 3.23. The van der Waals surface area contributed by atoms with Crippen molar-refractivity contribution < 1.29 is 0 Å². The Kier molecular flexibility index (Phi) is 1.01. The second-order valence-corrected chi connectivity index (χ2v) is 3.11. The van der Waals surface area contributed by atoms with Crippen molar-refractivity contribution in [3.05, 3.63) is 36.2 Å². The molecule has 0 aromatic carbocycles. The number of hydrogen-bond acceptors (Lipinski definition) is 1. The van der Waals surface area contributed by atoms with E-state index in [2.05, 4.69) is 36.5 Å². The zero-order valence-electron chi connectivity index (χ0n) is 6.09. The largest absolute Gasteiger partial charge is 0.365 e. The first-order chi connectivity index (χ1) is 4.81. The van der Waals surface area contributed by atoms with E-state index in [-0.39, 0.29) is 5.41 Å². The zero-order chi connectivity index (χ0) is 7.03. The summed E-state index contributed by atoms with van der Waals surface area (Å²) in [4.78, 5) is 0. The Morgan fingerprint density at radius 2 is 2.50 bits per heavy atom. The summed E-state index contributed by atoms with van der Waals surface area (Å²) in [6.45, 7) is 2.25. The van der Waals surface area contributed by atoms with Gasteiger partial charge in [-0.2, -0.15) is 0 Å². The lowest BCUT2D eigenvalue weighted by atomic mass is 9.82. The van der Waals surface area contributed by atoms with Crippen LogP contribution >= 0.6 is 0 Å². The van der Waals surface area contributed by atoms with Crippen molar-refractivity contribution >= 4 is 0 Å². The van der Waals surface area contributed by atoms with Crippen LogP contribution in [-0.2, 0) is 0 Å². The molecule has 1 nitrogen and oxygen atoms in total. The van der Waals surface area contributed by atoms with E-state index in [0.717, 1.165) is 6.42 Å². The Labute approximate surface area is 61.1 Å². The highest BCUT2D eigenvalue weighted by Gasteiger charge is 2.29. The lowest BCUT2D eigenvalue weighted by Crippen LogP contribution is -2.19. The molecule has 2 rings (SSSR count). The fourth-order valence-electron chi connectivity index (χ4n) is 1.46. The van der Waals surface area contributed by atoms with Crippen molar-refractivity contribution in [1.82, 2.24) is 5.32 Å². The molecule has 0 aromatic rings. The molecule has 1 atom stereocenters. The summed E-state index contributed by atoms with van der Waals surface area (Å²) in [5.41, 5.74) is 1.60. The van der Waals surface area contributed by atoms with Crippen LogP contribution in [0.2, 0.25) is 0 Å². The molecule has 0 aromatic heterocycles. The third-order valence-electron chi connectivity index (χ3n) is 2.25. The molecule has 1 N–H and O–H groups in total. The number of hydrogen-bond donors (Lipinski definition) is 1. The summed E-state index contributed by atoms with van der Waals surface area (Å²) in [6, 6.07) is 0. The zero-order valence-corrected chi connectivity index (χ0v) is 6.09. The number of allylic oxidation sites excluding steroid dienone is 4. The van der Waals surface area contributed by atoms with Gasteiger partial charge >= 0.3 is 0 Å². The molecule has 1 heterocycles. The standard InChI is InChI=1S/C9H11N/c1-9-5-3-2-4-8(9)10-7-6-9/h2-4,6-7,10H,5H2,1H3. The second-order valence-electron chi connectivity index (χ2n) is 3.11. The predicted molar refractivity (Wildman–Crippen MR) is 42.2 cm³/mol. The van der Waals surface area contributed by atoms with Crippen LogP contribution in [0.4, 0.5) is 0 Å². The Morgan fingerprint density at radius 3 is 3.30 bits per heavy atom. The highest BCUT2D eigenvalue weighted by molar-refractivity contribution is 5.34. The number of fused-ring (bicyclic) bond motifs is 1. The number of nitrogens with one attached hydrogen (secondary N) is 1. The second kappa shape index (κ2) is 1.75. The maximum Gasteiger partial charge on any atom is 0.0306 e. The molecular weight excluding hydrogens is 122 g/mol. The molecule has 0 bridgehead atoms. The van der Waals surface area contributed by atoms with Gasteiger partial charge in [-0.1, -0.05) is 25.2 Å². The molecule has 10 heavy (non-hydrogen) atoms. The fourth-order valence-corrected chi connectivity index (χ4v) is 1.46. The van der Waals surface area contributed by atoms with Gasteiger partial charge in [0.15, 0.2) is 0 Å². The third-order valence-corrected chi connectivity index (χ3v) is 2.25. The SMILES string of the molecule is CC12C=CNC1=CC=CC2. The van der Waals surface area contributed by atoms with Gasteiger partial charge in [0.25, 0.3) is 0 Å². The molecule has 0 fully saturated rings. The van der Waals surface area contributed by atoms with Gasteiger partial charge in [0, 0.05) is 11.1 Å². The van der Waals surface area contributed by atoms with E-state index >= 15 is 0 Å². The molecular formula is C9H11N. The van der Waals surface area contributed by atoms with E-state index in [0.29, 0.717) is 0 Å². The van der Waals surface area contributed by atoms with Crippen LogP contribution in [0.1, 0.15) is 13.3 Å². The van der Waals surface area contributed by atoms with Crippen LogP contribution in [0.15, 0.2) is 36.2 Å². The highest BCUT2D eigenvalue weighted by atomic mass is 14.9. The maximum absolute atomic E-state index is 3.23. The van der Waals surface area contributed by atoms with Gasteiger partial charge in [0.05, 0.1) is 0 Å². The minimum Gasteiger partial charge on any atom is -0.365 e. The van der Waals surface area contributed by atoms with Crippen LogP contribution in [0, 0.1) is 5.41 Å². The van der Waals surface area contributed by atoms with Crippen LogP contribution in [0.5, 0.6) is 0 Å². The van der Waals surface area contributed by atoms with Gasteiger partial charge in [0.1, 0.15) is 0 Å². The summed E-state index contributed by atoms with van der Waals surface area (Å²) in [7, 11) is 0. The van der Waals surface area contributed by atoms with Crippen molar-refractivity contribution in [3.8, 4) is 0 Å². The quantitative estimate of drug-likeness (QED) is 0.532. The Hall–Kier alpha value is -0.980. The van der Waals surface area contributed by atoms with E-state index in [1.54, 1.807) is 0 Å². The van der Waals surface area contributed by atoms with Crippen molar-refractivity contribution in [2.24, 2.45) is 5.41 Å². The van der Waals surface area contributed by atoms with Crippen molar-refractivity contribution in [2.45, 2.75) is 13.3 Å². The fraction of sp³-hybridized carbons (Fsp3) is 0.333. The average Bonchev–Trinajstić information content (AvgIpc) is 2.29. The molecule has 1 unspecified atom stereocenters. The van der Waals surface area contributed by atoms with Gasteiger partial charge in [-0.3, -0.25) is 0 Å². The molecule has 0 spiro atoms. The molecule has 0 saturated carbocycles. The smallest absolute Gasteiger partial charge is 0.0306 e. The number of rotatable bonds is 0. The van der Waals surface area contributed by atoms with Crippen molar-refractivity contribution in [2.75, 3.05) is 0 Å². The first-order valence-electron chi connectivity index (χ1n) is 3.63. The topological polar surface area (TPSA) is 12.0 Å². The lowest BCUT2D eigenvalue weighted by Gasteiger charge is -2.24. The summed E-state index contributed by atoms with van der Waals surface area (Å²) >= 11 is 0. The van der Waals surface area contributed by atoms with Gasteiger partial charge in [0.2, 0.25) is 0 Å². The summed E-state index contributed by atoms with van der Waals surface area (Å²) in [5, 5.41) is 3.23. The van der Waals surface area contributed by atoms with Crippen LogP contribution < -0.4 is 5.32 Å². The molecule has 2 aliphatic rings. The summed E-state index contributed by atoms with van der Waals surface area (Å²) in [5.74, 6) is 0. The predicted octanol–water partition coefficient (Wildman–Crippen LogP) is 1.95. The van der Waals surface area contributed by atoms with E-state index in [1.165, 1.54) is 5.70 Å². The molecule has 1 aliphatic carbocycles. The van der Waals surface area contributed by atoms with Crippen LogP contribution in [0.25, 0.3) is 0 Å². The van der Waals surface area contributed by atoms with E-state index in [4.69, 9.17) is 0 Å². The minimum absolute atomic E-state index is 0.273. The normalized spacial score (nSPS) is 35.1. The van der Waals surface area contributed by atoms with Crippen molar-refractivity contribution in [3.63, 3.8) is 0 Å². The molecule has 0 radical (unpaired) electrons. The molecule has 0 amide bonds. The van der Waals surface area contributed by atoms with Gasteiger partial charge in [-0.15, -0.1) is 0 Å². The molecule has 1 aliphatic heterocycles. The first-order valence-corrected chi connectivity index (χ1v) is 3.63. The van der Waals surface area contributed by atoms with Gasteiger partial charge in [-0.25, -0.2) is 0 Å². The summed E-state index contributed by atoms with van der Waals surface area (Å²) in [6.07, 6.45) is 11.8. The Bertz CT molecular complexity index is 235. The van der Waals surface area contributed by atoms with Crippen molar-refractivity contribution in [1.29, 1.82) is 0 Å². The highest BCUT2D eigenvalue weighted by Crippen LogP contribution is 2.36. The van der Waals surface area contributed by atoms with E-state index in [9.17, 15) is 0 Å². The van der Waals surface area contributed by atoms with Gasteiger partial charge in [-0.05, 0) is 18.7 Å². The van der Waals surface area contributed by atoms with E-state index < -0.39 is 0 Å². The monoisotopic (exact) mass is 133 g/mol. The van der Waals surface area contributed by atoms with Crippen LogP contribution in [-0.4, -0.2) is 0 Å². The van der Waals surface area contributed by atoms with Crippen LogP contribution in [0.3, 0.4) is 0 Å². The third kappa shape index (κ3) is 0.635. The molecule has 52 valence electrons. The van der Waals surface area contributed by atoms with Gasteiger partial charge < -0.3 is 5.32 Å². The minimum atomic E-state index is 0.273. The lowest BCUT2D eigenvalue weighted by molar-refractivity contribution is 0.517. The Balaban J connectivity index is 2.41.